The van der Waals surface area contributed by atoms with E-state index in [4.69, 9.17) is 4.52 Å². The molecule has 0 saturated carbocycles. The second-order valence-corrected chi connectivity index (χ2v) is 6.30. The minimum absolute atomic E-state index is 0.0812. The van der Waals surface area contributed by atoms with Crippen molar-refractivity contribution in [2.75, 3.05) is 6.54 Å². The van der Waals surface area contributed by atoms with Crippen LogP contribution in [-0.4, -0.2) is 27.4 Å². The molecular formula is C20H22N4O3. The number of hydrogen-bond donors (Lipinski definition) is 1. The van der Waals surface area contributed by atoms with E-state index in [1.807, 2.05) is 44.2 Å². The summed E-state index contributed by atoms with van der Waals surface area (Å²) in [7, 11) is 0. The predicted molar refractivity (Wildman–Crippen MR) is 101 cm³/mol. The molecule has 7 heteroatoms. The summed E-state index contributed by atoms with van der Waals surface area (Å²) in [5, 5.41) is 11.1. The van der Waals surface area contributed by atoms with Crippen molar-refractivity contribution >= 4 is 5.91 Å². The van der Waals surface area contributed by atoms with Crippen molar-refractivity contribution in [3.63, 3.8) is 0 Å². The number of nitrogens with zero attached hydrogens (tertiary/aromatic N) is 3. The molecule has 0 bridgehead atoms. The molecule has 0 spiro atoms. The minimum atomic E-state index is -0.195. The highest BCUT2D eigenvalue weighted by Crippen LogP contribution is 2.15. The standard InChI is InChI=1S/C20H22N4O3/c1-14-17(15(2)27-23-14)8-10-19(25)21-12-13-24-20(26)11-9-18(22-24)16-6-4-3-5-7-16/h3-7,9,11H,8,10,12-13H2,1-2H3,(H,21,25). The van der Waals surface area contributed by atoms with E-state index in [1.165, 1.54) is 10.7 Å². The molecule has 0 unspecified atom stereocenters. The molecule has 140 valence electrons. The number of carbonyl (C=O) groups excluding carboxylic acids is 1. The summed E-state index contributed by atoms with van der Waals surface area (Å²) in [6.45, 7) is 4.36. The van der Waals surface area contributed by atoms with Gasteiger partial charge in [0.15, 0.2) is 0 Å². The molecule has 2 aromatic heterocycles. The van der Waals surface area contributed by atoms with Gasteiger partial charge in [-0.1, -0.05) is 35.5 Å². The van der Waals surface area contributed by atoms with E-state index < -0.39 is 0 Å². The Morgan fingerprint density at radius 2 is 1.93 bits per heavy atom. The molecule has 0 aliphatic carbocycles. The molecule has 1 aromatic carbocycles. The lowest BCUT2D eigenvalue weighted by molar-refractivity contribution is -0.121. The fourth-order valence-corrected chi connectivity index (χ4v) is 2.86. The van der Waals surface area contributed by atoms with Gasteiger partial charge in [-0.15, -0.1) is 0 Å². The first-order chi connectivity index (χ1) is 13.0. The predicted octanol–water partition coefficient (Wildman–Crippen LogP) is 2.26. The van der Waals surface area contributed by atoms with E-state index in [9.17, 15) is 9.59 Å². The third-order valence-corrected chi connectivity index (χ3v) is 4.37. The quantitative estimate of drug-likeness (QED) is 0.693. The van der Waals surface area contributed by atoms with Crippen LogP contribution in [0.2, 0.25) is 0 Å². The number of aromatic nitrogens is 3. The Kier molecular flexibility index (Phi) is 5.80. The van der Waals surface area contributed by atoms with Crippen LogP contribution in [0.3, 0.4) is 0 Å². The number of aryl methyl sites for hydroxylation is 2. The molecule has 7 nitrogen and oxygen atoms in total. The topological polar surface area (TPSA) is 90.0 Å². The SMILES string of the molecule is Cc1noc(C)c1CCC(=O)NCCn1nc(-c2ccccc2)ccc1=O. The number of rotatable bonds is 7. The summed E-state index contributed by atoms with van der Waals surface area (Å²) >= 11 is 0. The zero-order valence-corrected chi connectivity index (χ0v) is 15.4. The van der Waals surface area contributed by atoms with Crippen LogP contribution in [0, 0.1) is 13.8 Å². The maximum Gasteiger partial charge on any atom is 0.266 e. The number of hydrogen-bond acceptors (Lipinski definition) is 5. The van der Waals surface area contributed by atoms with Crippen molar-refractivity contribution in [1.82, 2.24) is 20.3 Å². The summed E-state index contributed by atoms with van der Waals surface area (Å²) in [6.07, 6.45) is 0.921. The number of amides is 1. The highest BCUT2D eigenvalue weighted by atomic mass is 16.5. The van der Waals surface area contributed by atoms with E-state index in [0.29, 0.717) is 25.9 Å². The van der Waals surface area contributed by atoms with E-state index in [0.717, 1.165) is 28.3 Å². The van der Waals surface area contributed by atoms with Crippen molar-refractivity contribution in [3.05, 3.63) is 69.8 Å². The molecule has 0 fully saturated rings. The smallest absolute Gasteiger partial charge is 0.266 e. The molecule has 1 amide bonds. The maximum atomic E-state index is 12.1. The molecular weight excluding hydrogens is 344 g/mol. The average molecular weight is 366 g/mol. The lowest BCUT2D eigenvalue weighted by Crippen LogP contribution is -2.32. The molecule has 0 aliphatic rings. The maximum absolute atomic E-state index is 12.1. The minimum Gasteiger partial charge on any atom is -0.361 e. The Hall–Kier alpha value is -3.22. The monoisotopic (exact) mass is 366 g/mol. The van der Waals surface area contributed by atoms with Crippen LogP contribution >= 0.6 is 0 Å². The highest BCUT2D eigenvalue weighted by molar-refractivity contribution is 5.76. The lowest BCUT2D eigenvalue weighted by Gasteiger charge is -2.08. The number of nitrogens with one attached hydrogen (secondary N) is 1. The van der Waals surface area contributed by atoms with Gasteiger partial charge in [-0.25, -0.2) is 4.68 Å². The van der Waals surface area contributed by atoms with Gasteiger partial charge in [-0.3, -0.25) is 9.59 Å². The van der Waals surface area contributed by atoms with Crippen molar-refractivity contribution in [1.29, 1.82) is 0 Å². The number of benzene rings is 1. The van der Waals surface area contributed by atoms with Gasteiger partial charge in [0, 0.05) is 30.2 Å². The largest absolute Gasteiger partial charge is 0.361 e. The van der Waals surface area contributed by atoms with Gasteiger partial charge in [0.05, 0.1) is 17.9 Å². The first-order valence-electron chi connectivity index (χ1n) is 8.86. The zero-order chi connectivity index (χ0) is 19.2. The van der Waals surface area contributed by atoms with Gasteiger partial charge in [0.2, 0.25) is 5.91 Å². The van der Waals surface area contributed by atoms with Crippen molar-refractivity contribution in [2.45, 2.75) is 33.2 Å². The van der Waals surface area contributed by atoms with Crippen LogP contribution in [-0.2, 0) is 17.8 Å². The van der Waals surface area contributed by atoms with Gasteiger partial charge in [-0.2, -0.15) is 5.10 Å². The van der Waals surface area contributed by atoms with Gasteiger partial charge in [-0.05, 0) is 26.3 Å². The van der Waals surface area contributed by atoms with Crippen molar-refractivity contribution in [3.8, 4) is 11.3 Å². The normalized spacial score (nSPS) is 10.7. The summed E-state index contributed by atoms with van der Waals surface area (Å²) < 4.78 is 6.47. The van der Waals surface area contributed by atoms with Crippen molar-refractivity contribution in [2.24, 2.45) is 0 Å². The third-order valence-electron chi connectivity index (χ3n) is 4.37. The zero-order valence-electron chi connectivity index (χ0n) is 15.4. The van der Waals surface area contributed by atoms with E-state index in [2.05, 4.69) is 15.6 Å². The van der Waals surface area contributed by atoms with E-state index in [-0.39, 0.29) is 11.5 Å². The molecule has 0 atom stereocenters. The molecule has 27 heavy (non-hydrogen) atoms. The first-order valence-corrected chi connectivity index (χ1v) is 8.86. The van der Waals surface area contributed by atoms with Gasteiger partial charge in [0.25, 0.3) is 5.56 Å². The second-order valence-electron chi connectivity index (χ2n) is 6.30. The van der Waals surface area contributed by atoms with Crippen LogP contribution in [0.4, 0.5) is 0 Å². The molecule has 3 rings (SSSR count). The Bertz CT molecular complexity index is 957. The number of carbonyl (C=O) groups is 1. The fourth-order valence-electron chi connectivity index (χ4n) is 2.86. The molecule has 1 N–H and O–H groups in total. The molecule has 3 aromatic rings. The summed E-state index contributed by atoms with van der Waals surface area (Å²) in [5.41, 5.74) is 3.25. The summed E-state index contributed by atoms with van der Waals surface area (Å²) in [5.74, 6) is 0.663. The van der Waals surface area contributed by atoms with Crippen molar-refractivity contribution < 1.29 is 9.32 Å². The molecule has 0 aliphatic heterocycles. The Morgan fingerprint density at radius 1 is 1.15 bits per heavy atom. The Labute approximate surface area is 157 Å². The van der Waals surface area contributed by atoms with Crippen LogP contribution in [0.25, 0.3) is 11.3 Å². The van der Waals surface area contributed by atoms with Gasteiger partial charge >= 0.3 is 0 Å². The van der Waals surface area contributed by atoms with Crippen LogP contribution < -0.4 is 10.9 Å². The summed E-state index contributed by atoms with van der Waals surface area (Å²) in [4.78, 5) is 24.1. The van der Waals surface area contributed by atoms with Gasteiger partial charge in [0.1, 0.15) is 5.76 Å². The van der Waals surface area contributed by atoms with E-state index >= 15 is 0 Å². The molecule has 0 saturated heterocycles. The van der Waals surface area contributed by atoms with Crippen LogP contribution in [0.15, 0.2) is 51.8 Å². The van der Waals surface area contributed by atoms with Crippen LogP contribution in [0.1, 0.15) is 23.4 Å². The third kappa shape index (κ3) is 4.69. The van der Waals surface area contributed by atoms with Gasteiger partial charge < -0.3 is 9.84 Å². The second kappa shape index (κ2) is 8.44. The fraction of sp³-hybridized carbons (Fsp3) is 0.300. The highest BCUT2D eigenvalue weighted by Gasteiger charge is 2.11. The molecule has 0 radical (unpaired) electrons. The Balaban J connectivity index is 1.54. The van der Waals surface area contributed by atoms with E-state index in [1.54, 1.807) is 6.07 Å². The average Bonchev–Trinajstić information content (AvgIpc) is 3.00. The first kappa shape index (κ1) is 18.6. The lowest BCUT2D eigenvalue weighted by atomic mass is 10.1. The Morgan fingerprint density at radius 3 is 2.63 bits per heavy atom. The van der Waals surface area contributed by atoms with Crippen LogP contribution in [0.5, 0.6) is 0 Å². The summed E-state index contributed by atoms with van der Waals surface area (Å²) in [6, 6.07) is 12.8. The molecule has 2 heterocycles.